The lowest BCUT2D eigenvalue weighted by molar-refractivity contribution is -0.132. The van der Waals surface area contributed by atoms with Crippen molar-refractivity contribution in [2.24, 2.45) is 5.10 Å². The molecule has 0 aliphatic carbocycles. The van der Waals surface area contributed by atoms with Crippen LogP contribution < -0.4 is 10.6 Å². The van der Waals surface area contributed by atoms with Crippen molar-refractivity contribution in [2.45, 2.75) is 25.8 Å². The van der Waals surface area contributed by atoms with Crippen molar-refractivity contribution in [1.29, 1.82) is 0 Å². The Balaban J connectivity index is 1.26. The fraction of sp³-hybridized carbons (Fsp3) is 0.192. The summed E-state index contributed by atoms with van der Waals surface area (Å²) in [5.41, 5.74) is 3.54. The van der Waals surface area contributed by atoms with Gasteiger partial charge in [0.05, 0.1) is 24.5 Å². The van der Waals surface area contributed by atoms with Crippen LogP contribution in [-0.2, 0) is 16.1 Å². The van der Waals surface area contributed by atoms with Crippen molar-refractivity contribution < 1.29 is 14.4 Å². The quantitative estimate of drug-likeness (QED) is 0.543. The highest BCUT2D eigenvalue weighted by Gasteiger charge is 2.22. The Hall–Kier alpha value is -4.33. The number of hydrogen-bond acceptors (Lipinski definition) is 5. The van der Waals surface area contributed by atoms with Crippen molar-refractivity contribution in [2.75, 3.05) is 11.9 Å². The van der Waals surface area contributed by atoms with Crippen LogP contribution in [0.3, 0.4) is 0 Å². The molecule has 0 bridgehead atoms. The van der Waals surface area contributed by atoms with Gasteiger partial charge in [0.2, 0.25) is 11.8 Å². The number of anilines is 1. The highest BCUT2D eigenvalue weighted by Crippen LogP contribution is 2.16. The smallest absolute Gasteiger partial charge is 0.251 e. The van der Waals surface area contributed by atoms with Crippen molar-refractivity contribution >= 4 is 29.1 Å². The summed E-state index contributed by atoms with van der Waals surface area (Å²) in [5, 5.41) is 11.4. The number of amides is 3. The molecule has 0 fully saturated rings. The van der Waals surface area contributed by atoms with E-state index in [1.54, 1.807) is 30.5 Å². The summed E-state index contributed by atoms with van der Waals surface area (Å²) in [7, 11) is 0. The fourth-order valence-electron chi connectivity index (χ4n) is 3.56. The molecule has 3 amide bonds. The molecular formula is C26H25N5O3. The third-order valence-corrected chi connectivity index (χ3v) is 5.33. The number of nitrogens with zero attached hydrogens (tertiary/aromatic N) is 3. The largest absolute Gasteiger partial charge is 0.346 e. The zero-order chi connectivity index (χ0) is 23.8. The van der Waals surface area contributed by atoms with E-state index in [1.165, 1.54) is 5.01 Å². The summed E-state index contributed by atoms with van der Waals surface area (Å²) >= 11 is 0. The maximum absolute atomic E-state index is 12.5. The molecule has 0 spiro atoms. The second-order valence-electron chi connectivity index (χ2n) is 7.81. The monoisotopic (exact) mass is 455 g/mol. The molecule has 3 aromatic rings. The molecule has 1 aliphatic rings. The average molecular weight is 456 g/mol. The molecule has 4 rings (SSSR count). The van der Waals surface area contributed by atoms with Gasteiger partial charge in [0, 0.05) is 36.7 Å². The molecule has 0 saturated heterocycles. The van der Waals surface area contributed by atoms with Gasteiger partial charge in [-0.05, 0) is 35.9 Å². The van der Waals surface area contributed by atoms with Gasteiger partial charge in [-0.25, -0.2) is 5.01 Å². The molecule has 1 aromatic heterocycles. The van der Waals surface area contributed by atoms with E-state index in [0.29, 0.717) is 30.8 Å². The number of aromatic nitrogens is 1. The maximum Gasteiger partial charge on any atom is 0.251 e. The molecule has 34 heavy (non-hydrogen) atoms. The summed E-state index contributed by atoms with van der Waals surface area (Å²) in [6, 6.07) is 21.9. The van der Waals surface area contributed by atoms with Gasteiger partial charge in [0.1, 0.15) is 0 Å². The predicted molar refractivity (Wildman–Crippen MR) is 129 cm³/mol. The fourth-order valence-corrected chi connectivity index (χ4v) is 3.56. The number of pyridine rings is 1. The van der Waals surface area contributed by atoms with E-state index in [1.807, 2.05) is 48.5 Å². The van der Waals surface area contributed by atoms with Crippen molar-refractivity contribution in [1.82, 2.24) is 15.3 Å². The van der Waals surface area contributed by atoms with Gasteiger partial charge in [0.15, 0.2) is 0 Å². The molecule has 2 N–H and O–H groups in total. The summed E-state index contributed by atoms with van der Waals surface area (Å²) in [6.07, 6.45) is 2.45. The zero-order valence-corrected chi connectivity index (χ0v) is 18.6. The number of hydrogen-bond donors (Lipinski definition) is 2. The van der Waals surface area contributed by atoms with E-state index < -0.39 is 0 Å². The predicted octanol–water partition coefficient (Wildman–Crippen LogP) is 3.37. The average Bonchev–Trinajstić information content (AvgIpc) is 3.38. The second kappa shape index (κ2) is 11.0. The lowest BCUT2D eigenvalue weighted by Gasteiger charge is -2.11. The van der Waals surface area contributed by atoms with Gasteiger partial charge < -0.3 is 10.6 Å². The molecule has 172 valence electrons. The van der Waals surface area contributed by atoms with Gasteiger partial charge in [-0.15, -0.1) is 0 Å². The number of nitrogens with one attached hydrogen (secondary N) is 2. The standard InChI is InChI=1S/C26H25N5O3/c32-24(12-13-25(33)31-16-14-23(30-31)19-7-2-1-3-8-19)29-21-11-6-9-20(17-21)26(34)28-18-22-10-4-5-15-27-22/h1-11,15,17H,12-14,16,18H2,(H,28,34)(H,29,32). The Bertz CT molecular complexity index is 1200. The first-order valence-corrected chi connectivity index (χ1v) is 11.1. The molecule has 2 heterocycles. The van der Waals surface area contributed by atoms with Crippen LogP contribution >= 0.6 is 0 Å². The number of carbonyl (C=O) groups is 3. The second-order valence-corrected chi connectivity index (χ2v) is 7.81. The lowest BCUT2D eigenvalue weighted by Crippen LogP contribution is -2.25. The highest BCUT2D eigenvalue weighted by atomic mass is 16.2. The molecule has 0 saturated carbocycles. The van der Waals surface area contributed by atoms with E-state index in [9.17, 15) is 14.4 Å². The minimum atomic E-state index is -0.300. The molecule has 2 aromatic carbocycles. The molecule has 8 heteroatoms. The molecule has 0 atom stereocenters. The zero-order valence-electron chi connectivity index (χ0n) is 18.6. The number of carbonyl (C=O) groups excluding carboxylic acids is 3. The topological polar surface area (TPSA) is 104 Å². The van der Waals surface area contributed by atoms with Gasteiger partial charge in [-0.2, -0.15) is 5.10 Å². The Morgan fingerprint density at radius 3 is 2.53 bits per heavy atom. The first kappa shape index (κ1) is 22.8. The van der Waals surface area contributed by atoms with E-state index in [4.69, 9.17) is 0 Å². The van der Waals surface area contributed by atoms with Crippen LogP contribution in [0.2, 0.25) is 0 Å². The first-order valence-electron chi connectivity index (χ1n) is 11.1. The van der Waals surface area contributed by atoms with Crippen LogP contribution in [0.1, 0.15) is 40.9 Å². The van der Waals surface area contributed by atoms with Crippen molar-refractivity contribution in [3.05, 3.63) is 95.8 Å². The third-order valence-electron chi connectivity index (χ3n) is 5.33. The Morgan fingerprint density at radius 1 is 0.912 bits per heavy atom. The van der Waals surface area contributed by atoms with Crippen LogP contribution in [0.15, 0.2) is 84.1 Å². The Kier molecular flexibility index (Phi) is 7.39. The molecule has 0 unspecified atom stereocenters. The third kappa shape index (κ3) is 6.13. The summed E-state index contributed by atoms with van der Waals surface area (Å²) in [5.74, 6) is -0.757. The SMILES string of the molecule is O=C(CCC(=O)N1CCC(c2ccccc2)=N1)Nc1cccc(C(=O)NCc2ccccn2)c1. The summed E-state index contributed by atoms with van der Waals surface area (Å²) in [4.78, 5) is 41.5. The van der Waals surface area contributed by atoms with Crippen LogP contribution in [0, 0.1) is 0 Å². The molecular weight excluding hydrogens is 430 g/mol. The van der Waals surface area contributed by atoms with Crippen molar-refractivity contribution in [3.63, 3.8) is 0 Å². The van der Waals surface area contributed by atoms with Crippen LogP contribution in [0.5, 0.6) is 0 Å². The highest BCUT2D eigenvalue weighted by molar-refractivity contribution is 6.03. The Morgan fingerprint density at radius 2 is 1.74 bits per heavy atom. The van der Waals surface area contributed by atoms with Gasteiger partial charge >= 0.3 is 0 Å². The van der Waals surface area contributed by atoms with Gasteiger partial charge in [-0.1, -0.05) is 42.5 Å². The number of benzene rings is 2. The maximum atomic E-state index is 12.5. The van der Waals surface area contributed by atoms with Gasteiger partial charge in [0.25, 0.3) is 5.91 Å². The normalized spacial score (nSPS) is 12.7. The van der Waals surface area contributed by atoms with Crippen LogP contribution in [0.4, 0.5) is 5.69 Å². The number of hydrazone groups is 1. The first-order chi connectivity index (χ1) is 16.6. The number of rotatable bonds is 8. The minimum Gasteiger partial charge on any atom is -0.346 e. The van der Waals surface area contributed by atoms with Gasteiger partial charge in [-0.3, -0.25) is 19.4 Å². The van der Waals surface area contributed by atoms with E-state index in [0.717, 1.165) is 17.0 Å². The minimum absolute atomic E-state index is 0.0294. The lowest BCUT2D eigenvalue weighted by atomic mass is 10.1. The van der Waals surface area contributed by atoms with Crippen molar-refractivity contribution in [3.8, 4) is 0 Å². The molecule has 1 aliphatic heterocycles. The van der Waals surface area contributed by atoms with Crippen LogP contribution in [-0.4, -0.2) is 40.0 Å². The molecule has 0 radical (unpaired) electrons. The van der Waals surface area contributed by atoms with E-state index in [-0.39, 0.29) is 30.6 Å². The molecule has 8 nitrogen and oxygen atoms in total. The Labute approximate surface area is 197 Å². The van der Waals surface area contributed by atoms with Crippen LogP contribution in [0.25, 0.3) is 0 Å². The summed E-state index contributed by atoms with van der Waals surface area (Å²) in [6.45, 7) is 0.823. The van der Waals surface area contributed by atoms with E-state index >= 15 is 0 Å². The van der Waals surface area contributed by atoms with E-state index in [2.05, 4.69) is 20.7 Å². The summed E-state index contributed by atoms with van der Waals surface area (Å²) < 4.78 is 0.